The Balaban J connectivity index is 1.99. The summed E-state index contributed by atoms with van der Waals surface area (Å²) < 4.78 is 0.963. The lowest BCUT2D eigenvalue weighted by Gasteiger charge is -2.08. The molecule has 0 spiro atoms. The van der Waals surface area contributed by atoms with E-state index in [0.29, 0.717) is 5.92 Å². The van der Waals surface area contributed by atoms with Gasteiger partial charge in [-0.25, -0.2) is 4.98 Å². The number of aromatic amines is 1. The van der Waals surface area contributed by atoms with Gasteiger partial charge >= 0.3 is 0 Å². The van der Waals surface area contributed by atoms with Crippen LogP contribution in [0.5, 0.6) is 0 Å². The number of benzene rings is 1. The maximum atomic E-state index is 4.64. The fourth-order valence-electron chi connectivity index (χ4n) is 2.04. The molecule has 1 aromatic heterocycles. The Morgan fingerprint density at radius 1 is 1.37 bits per heavy atom. The van der Waals surface area contributed by atoms with Crippen molar-refractivity contribution in [3.63, 3.8) is 0 Å². The van der Waals surface area contributed by atoms with Gasteiger partial charge in [-0.05, 0) is 28.1 Å². The maximum absolute atomic E-state index is 4.64. The third-order valence-electron chi connectivity index (χ3n) is 3.09. The van der Waals surface area contributed by atoms with E-state index in [1.165, 1.54) is 0 Å². The van der Waals surface area contributed by atoms with E-state index in [-0.39, 0.29) is 0 Å². The van der Waals surface area contributed by atoms with E-state index < -0.39 is 0 Å². The highest BCUT2D eigenvalue weighted by Gasteiger charge is 2.13. The van der Waals surface area contributed by atoms with Crippen molar-refractivity contribution in [3.05, 3.63) is 22.4 Å². The van der Waals surface area contributed by atoms with Gasteiger partial charge in [0.1, 0.15) is 11.3 Å². The van der Waals surface area contributed by atoms with Gasteiger partial charge < -0.3 is 15.6 Å². The summed E-state index contributed by atoms with van der Waals surface area (Å²) in [7, 11) is 0. The van der Waals surface area contributed by atoms with E-state index in [0.717, 1.165) is 46.1 Å². The molecule has 1 aromatic carbocycles. The van der Waals surface area contributed by atoms with E-state index in [4.69, 9.17) is 0 Å². The lowest BCUT2D eigenvalue weighted by molar-refractivity contribution is 0.799. The molecule has 2 heterocycles. The molecular formula is C13H16BrN5. The van der Waals surface area contributed by atoms with Crippen LogP contribution in [0.25, 0.3) is 11.0 Å². The molecule has 3 N–H and O–H groups in total. The van der Waals surface area contributed by atoms with Crippen LogP contribution in [-0.2, 0) is 0 Å². The van der Waals surface area contributed by atoms with Crippen LogP contribution in [0, 0.1) is 0 Å². The van der Waals surface area contributed by atoms with Crippen molar-refractivity contribution in [2.24, 2.45) is 4.99 Å². The predicted molar refractivity (Wildman–Crippen MR) is 81.8 cm³/mol. The highest BCUT2D eigenvalue weighted by atomic mass is 79.9. The molecule has 0 aliphatic carbocycles. The molecule has 1 aliphatic heterocycles. The Bertz CT molecular complexity index is 644. The number of fused-ring (bicyclic) bond motifs is 1. The van der Waals surface area contributed by atoms with Crippen molar-refractivity contribution in [3.8, 4) is 0 Å². The molecule has 0 bridgehead atoms. The molecule has 0 saturated carbocycles. The van der Waals surface area contributed by atoms with E-state index in [1.54, 1.807) is 0 Å². The van der Waals surface area contributed by atoms with Crippen molar-refractivity contribution >= 4 is 38.6 Å². The summed E-state index contributed by atoms with van der Waals surface area (Å²) in [6.07, 6.45) is 0. The van der Waals surface area contributed by atoms with Crippen molar-refractivity contribution in [1.29, 1.82) is 0 Å². The van der Waals surface area contributed by atoms with Gasteiger partial charge in [-0.3, -0.25) is 4.99 Å². The molecule has 5 nitrogen and oxygen atoms in total. The predicted octanol–water partition coefficient (Wildman–Crippen LogP) is 2.82. The quantitative estimate of drug-likeness (QED) is 0.796. The number of hydrogen-bond acceptors (Lipinski definition) is 4. The second-order valence-electron chi connectivity index (χ2n) is 4.88. The number of aliphatic imine (C=N–C) groups is 1. The summed E-state index contributed by atoms with van der Waals surface area (Å²) in [6.45, 7) is 5.97. The SMILES string of the molecule is CC(C)c1nc2c(Br)c(NC3=NCCN3)ccc2[nH]1. The van der Waals surface area contributed by atoms with Crippen molar-refractivity contribution < 1.29 is 0 Å². The summed E-state index contributed by atoms with van der Waals surface area (Å²) in [5.74, 6) is 2.21. The zero-order valence-electron chi connectivity index (χ0n) is 10.9. The molecule has 1 aliphatic rings. The summed E-state index contributed by atoms with van der Waals surface area (Å²) >= 11 is 3.62. The first-order chi connectivity index (χ1) is 9.15. The fraction of sp³-hybridized carbons (Fsp3) is 0.385. The molecule has 0 fully saturated rings. The Morgan fingerprint density at radius 3 is 2.89 bits per heavy atom. The second-order valence-corrected chi connectivity index (χ2v) is 5.68. The van der Waals surface area contributed by atoms with Gasteiger partial charge in [0.15, 0.2) is 5.96 Å². The van der Waals surface area contributed by atoms with Crippen LogP contribution in [0.15, 0.2) is 21.6 Å². The van der Waals surface area contributed by atoms with Crippen molar-refractivity contribution in [2.75, 3.05) is 18.4 Å². The van der Waals surface area contributed by atoms with Crippen LogP contribution >= 0.6 is 15.9 Å². The average Bonchev–Trinajstić information content (AvgIpc) is 3.02. The average molecular weight is 322 g/mol. The molecule has 0 radical (unpaired) electrons. The minimum absolute atomic E-state index is 0.386. The van der Waals surface area contributed by atoms with Crippen molar-refractivity contribution in [2.45, 2.75) is 19.8 Å². The molecule has 2 aromatic rings. The monoisotopic (exact) mass is 321 g/mol. The standard InChI is InChI=1S/C13H16BrN5/c1-7(2)12-17-9-4-3-8(10(14)11(9)19-12)18-13-15-5-6-16-13/h3-4,7H,5-6H2,1-2H3,(H,17,19)(H2,15,16,18). The van der Waals surface area contributed by atoms with E-state index in [2.05, 4.69) is 55.4 Å². The molecule has 0 atom stereocenters. The van der Waals surface area contributed by atoms with Gasteiger partial charge in [0.25, 0.3) is 0 Å². The number of guanidine groups is 1. The van der Waals surface area contributed by atoms with Crippen LogP contribution in [0.1, 0.15) is 25.6 Å². The number of H-pyrrole nitrogens is 1. The van der Waals surface area contributed by atoms with Gasteiger partial charge in [-0.2, -0.15) is 0 Å². The fourth-order valence-corrected chi connectivity index (χ4v) is 2.57. The number of imidazole rings is 1. The van der Waals surface area contributed by atoms with E-state index in [1.807, 2.05) is 12.1 Å². The van der Waals surface area contributed by atoms with Gasteiger partial charge in [0, 0.05) is 12.5 Å². The first-order valence-electron chi connectivity index (χ1n) is 6.38. The molecule has 0 saturated heterocycles. The lowest BCUT2D eigenvalue weighted by atomic mass is 10.2. The number of halogens is 1. The molecule has 0 amide bonds. The van der Waals surface area contributed by atoms with Gasteiger partial charge in [0.05, 0.1) is 22.2 Å². The Labute approximate surface area is 120 Å². The van der Waals surface area contributed by atoms with Gasteiger partial charge in [-0.1, -0.05) is 13.8 Å². The highest BCUT2D eigenvalue weighted by molar-refractivity contribution is 9.10. The Kier molecular flexibility index (Phi) is 3.18. The molecule has 3 rings (SSSR count). The first-order valence-corrected chi connectivity index (χ1v) is 7.18. The first kappa shape index (κ1) is 12.5. The number of aromatic nitrogens is 2. The van der Waals surface area contributed by atoms with Crippen LogP contribution in [0.3, 0.4) is 0 Å². The number of hydrogen-bond donors (Lipinski definition) is 3. The van der Waals surface area contributed by atoms with Gasteiger partial charge in [-0.15, -0.1) is 0 Å². The number of nitrogens with zero attached hydrogens (tertiary/aromatic N) is 2. The van der Waals surface area contributed by atoms with E-state index in [9.17, 15) is 0 Å². The molecule has 0 unspecified atom stereocenters. The lowest BCUT2D eigenvalue weighted by Crippen LogP contribution is -2.26. The minimum Gasteiger partial charge on any atom is -0.354 e. The molecular weight excluding hydrogens is 306 g/mol. The normalized spacial score (nSPS) is 14.8. The van der Waals surface area contributed by atoms with E-state index >= 15 is 0 Å². The second kappa shape index (κ2) is 4.85. The van der Waals surface area contributed by atoms with Crippen LogP contribution in [0.2, 0.25) is 0 Å². The van der Waals surface area contributed by atoms with Gasteiger partial charge in [0.2, 0.25) is 0 Å². The Hall–Kier alpha value is -1.56. The highest BCUT2D eigenvalue weighted by Crippen LogP contribution is 2.31. The number of rotatable bonds is 2. The third kappa shape index (κ3) is 2.32. The summed E-state index contributed by atoms with van der Waals surface area (Å²) in [5.41, 5.74) is 2.97. The zero-order chi connectivity index (χ0) is 13.4. The molecule has 19 heavy (non-hydrogen) atoms. The van der Waals surface area contributed by atoms with Crippen LogP contribution in [0.4, 0.5) is 5.69 Å². The molecule has 100 valence electrons. The summed E-state index contributed by atoms with van der Waals surface area (Å²) in [6, 6.07) is 4.06. The zero-order valence-corrected chi connectivity index (χ0v) is 12.5. The minimum atomic E-state index is 0.386. The third-order valence-corrected chi connectivity index (χ3v) is 3.89. The largest absolute Gasteiger partial charge is 0.354 e. The van der Waals surface area contributed by atoms with Crippen LogP contribution < -0.4 is 10.6 Å². The van der Waals surface area contributed by atoms with Crippen molar-refractivity contribution in [1.82, 2.24) is 15.3 Å². The topological polar surface area (TPSA) is 65.1 Å². The smallest absolute Gasteiger partial charge is 0.195 e. The molecule has 6 heteroatoms. The number of anilines is 1. The Morgan fingerprint density at radius 2 is 2.21 bits per heavy atom. The summed E-state index contributed by atoms with van der Waals surface area (Å²) in [5, 5.41) is 6.47. The maximum Gasteiger partial charge on any atom is 0.195 e. The van der Waals surface area contributed by atoms with Crippen LogP contribution in [-0.4, -0.2) is 29.0 Å². The summed E-state index contributed by atoms with van der Waals surface area (Å²) in [4.78, 5) is 12.3. The number of nitrogens with one attached hydrogen (secondary N) is 3.